The van der Waals surface area contributed by atoms with Gasteiger partial charge in [-0.1, -0.05) is 50.3 Å². The topological polar surface area (TPSA) is 18.5 Å². The molecule has 0 radical (unpaired) electrons. The summed E-state index contributed by atoms with van der Waals surface area (Å²) >= 11 is 10.8. The van der Waals surface area contributed by atoms with Gasteiger partial charge in [0.25, 0.3) is 0 Å². The number of rotatable bonds is 4. The quantitative estimate of drug-likeness (QED) is 0.562. The van der Waals surface area contributed by atoms with Crippen LogP contribution in [0.5, 0.6) is 0 Å². The van der Waals surface area contributed by atoms with Gasteiger partial charge in [0, 0.05) is 0 Å². The Balaban J connectivity index is 1.78. The average Bonchev–Trinajstić information content (AvgIpc) is 2.30. The lowest BCUT2D eigenvalue weighted by Crippen LogP contribution is -2.19. The predicted octanol–water partition coefficient (Wildman–Crippen LogP) is 4.46. The monoisotopic (exact) mass is 293 g/mol. The van der Waals surface area contributed by atoms with E-state index in [0.29, 0.717) is 0 Å². The molecule has 2 rings (SSSR count). The van der Waals surface area contributed by atoms with Crippen molar-refractivity contribution in [2.45, 2.75) is 76.4 Å². The van der Waals surface area contributed by atoms with E-state index in [1.807, 2.05) is 0 Å². The average molecular weight is 293 g/mol. The molecule has 0 aromatic rings. The van der Waals surface area contributed by atoms with Crippen molar-refractivity contribution in [3.05, 3.63) is 0 Å². The number of hydrogen-bond acceptors (Lipinski definition) is 4. The van der Waals surface area contributed by atoms with Crippen LogP contribution in [0.1, 0.15) is 64.2 Å². The molecule has 0 N–H and O–H groups in total. The molecule has 0 atom stereocenters. The maximum absolute atomic E-state index is 5.90. The third kappa shape index (κ3) is 5.20. The lowest BCUT2D eigenvalue weighted by molar-refractivity contribution is 0.109. The van der Waals surface area contributed by atoms with Crippen LogP contribution in [0, 0.1) is 0 Å². The van der Waals surface area contributed by atoms with E-state index in [4.69, 9.17) is 33.1 Å². The van der Waals surface area contributed by atoms with Crippen molar-refractivity contribution in [3.8, 4) is 0 Å². The zero-order valence-corrected chi connectivity index (χ0v) is 12.8. The molecule has 5 heteroatoms. The summed E-state index contributed by atoms with van der Waals surface area (Å²) in [6.45, 7) is 0. The Hall–Kier alpha value is 0.920. The Morgan fingerprint density at radius 1 is 0.765 bits per heavy atom. The summed E-state index contributed by atoms with van der Waals surface area (Å²) in [7, 11) is 0. The van der Waals surface area contributed by atoms with Crippen LogP contribution in [-0.4, -0.2) is 12.2 Å². The molecule has 0 bridgehead atoms. The fourth-order valence-corrected chi connectivity index (χ4v) is 5.39. The first kappa shape index (κ1) is 14.3. The van der Waals surface area contributed by atoms with Gasteiger partial charge in [-0.3, -0.25) is 0 Å². The molecule has 0 aromatic heterocycles. The summed E-state index contributed by atoms with van der Waals surface area (Å²) < 4.78 is 11.8. The van der Waals surface area contributed by atoms with Crippen LogP contribution in [0.4, 0.5) is 0 Å². The van der Waals surface area contributed by atoms with E-state index in [0.717, 1.165) is 25.7 Å². The summed E-state index contributed by atoms with van der Waals surface area (Å²) in [5.74, 6) is 0. The van der Waals surface area contributed by atoms with Gasteiger partial charge in [-0.05, 0) is 25.7 Å². The van der Waals surface area contributed by atoms with Gasteiger partial charge in [-0.15, -0.1) is 0 Å². The van der Waals surface area contributed by atoms with E-state index in [-0.39, 0.29) is 12.2 Å². The maximum atomic E-state index is 5.90. The van der Waals surface area contributed by atoms with Crippen molar-refractivity contribution in [1.29, 1.82) is 0 Å². The van der Waals surface area contributed by atoms with Gasteiger partial charge in [0.2, 0.25) is 0 Å². The van der Waals surface area contributed by atoms with Crippen LogP contribution < -0.4 is 0 Å². The van der Waals surface area contributed by atoms with Gasteiger partial charge >= 0.3 is 0 Å². The second-order valence-corrected chi connectivity index (χ2v) is 10.1. The largest absolute Gasteiger partial charge is 0.691 e. The smallest absolute Gasteiger partial charge is 0.0631 e. The molecule has 100 valence electrons. The van der Waals surface area contributed by atoms with Crippen molar-refractivity contribution in [3.63, 3.8) is 0 Å². The van der Waals surface area contributed by atoms with Gasteiger partial charge in [0.15, 0.2) is 0 Å². The number of hydrogen-bond donors (Lipinski definition) is 0. The Morgan fingerprint density at radius 3 is 1.47 bits per heavy atom. The third-order valence-electron chi connectivity index (χ3n) is 3.66. The lowest BCUT2D eigenvalue weighted by atomic mass is 9.98. The van der Waals surface area contributed by atoms with Gasteiger partial charge < -0.3 is 21.3 Å². The van der Waals surface area contributed by atoms with Crippen LogP contribution in [0.2, 0.25) is 0 Å². The Morgan fingerprint density at radius 2 is 1.12 bits per heavy atom. The Kier molecular flexibility index (Phi) is 5.82. The maximum Gasteiger partial charge on any atom is 0.0631 e. The minimum absolute atomic E-state index is 0.274. The Bertz CT molecular complexity index is 250. The fraction of sp³-hybridized carbons (Fsp3) is 1.00. The SMILES string of the molecule is S=P([S-])(OC1CCCCC1)OC1CCCCC1. The molecule has 0 heterocycles. The second kappa shape index (κ2) is 6.91. The molecule has 0 amide bonds. The summed E-state index contributed by atoms with van der Waals surface area (Å²) in [4.78, 5) is 0. The normalized spacial score (nSPS) is 25.0. The van der Waals surface area contributed by atoms with Crippen molar-refractivity contribution >= 4 is 29.7 Å². The fourth-order valence-electron chi connectivity index (χ4n) is 2.73. The Labute approximate surface area is 115 Å². The second-order valence-electron chi connectivity index (χ2n) is 5.18. The molecule has 0 aliphatic heterocycles. The van der Waals surface area contributed by atoms with Crippen molar-refractivity contribution in [2.24, 2.45) is 0 Å². The molecular formula is C12H22O2PS2-. The standard InChI is InChI=1S/C12H23O2PS2/c16-15(17,13-11-7-3-1-4-8-11)14-12-9-5-2-6-10-12/h11-12H,1-10H2,(H,16,17)/p-1. The summed E-state index contributed by atoms with van der Waals surface area (Å²) in [6.07, 6.45) is 12.6. The molecular weight excluding hydrogens is 271 g/mol. The lowest BCUT2D eigenvalue weighted by Gasteiger charge is -2.38. The third-order valence-corrected chi connectivity index (χ3v) is 5.81. The van der Waals surface area contributed by atoms with E-state index in [1.165, 1.54) is 38.5 Å². The van der Waals surface area contributed by atoms with E-state index in [2.05, 4.69) is 0 Å². The van der Waals surface area contributed by atoms with Crippen LogP contribution in [0.25, 0.3) is 0 Å². The zero-order chi connectivity index (χ0) is 12.1. The van der Waals surface area contributed by atoms with Crippen molar-refractivity contribution in [2.75, 3.05) is 0 Å². The molecule has 2 aliphatic carbocycles. The van der Waals surface area contributed by atoms with E-state index in [1.54, 1.807) is 0 Å². The molecule has 2 saturated carbocycles. The van der Waals surface area contributed by atoms with Gasteiger partial charge in [-0.25, -0.2) is 0 Å². The van der Waals surface area contributed by atoms with Gasteiger partial charge in [0.05, 0.1) is 17.9 Å². The summed E-state index contributed by atoms with van der Waals surface area (Å²) in [5, 5.41) is 0. The highest BCUT2D eigenvalue weighted by Crippen LogP contribution is 2.51. The highest BCUT2D eigenvalue weighted by Gasteiger charge is 2.21. The molecule has 0 spiro atoms. The van der Waals surface area contributed by atoms with Crippen LogP contribution in [0.3, 0.4) is 0 Å². The highest BCUT2D eigenvalue weighted by molar-refractivity contribution is 8.51. The van der Waals surface area contributed by atoms with Crippen LogP contribution in [-0.2, 0) is 33.1 Å². The molecule has 17 heavy (non-hydrogen) atoms. The first-order valence-electron chi connectivity index (χ1n) is 6.83. The van der Waals surface area contributed by atoms with Crippen molar-refractivity contribution < 1.29 is 9.05 Å². The minimum Gasteiger partial charge on any atom is -0.691 e. The van der Waals surface area contributed by atoms with Crippen molar-refractivity contribution in [1.82, 2.24) is 0 Å². The molecule has 0 unspecified atom stereocenters. The highest BCUT2D eigenvalue weighted by atomic mass is 32.9. The molecule has 0 aromatic carbocycles. The molecule has 2 fully saturated rings. The summed E-state index contributed by atoms with van der Waals surface area (Å²) in [6, 6.07) is 0. The van der Waals surface area contributed by atoms with Gasteiger partial charge in [0.1, 0.15) is 0 Å². The first-order chi connectivity index (χ1) is 8.16. The van der Waals surface area contributed by atoms with E-state index in [9.17, 15) is 0 Å². The first-order valence-corrected chi connectivity index (χ1v) is 10.5. The van der Waals surface area contributed by atoms with Gasteiger partial charge in [-0.2, -0.15) is 0 Å². The minimum atomic E-state index is -2.41. The van der Waals surface area contributed by atoms with E-state index >= 15 is 0 Å². The summed E-state index contributed by atoms with van der Waals surface area (Å²) in [5.41, 5.74) is -2.41. The molecule has 0 saturated heterocycles. The molecule has 2 aliphatic rings. The zero-order valence-electron chi connectivity index (χ0n) is 10.3. The van der Waals surface area contributed by atoms with Crippen LogP contribution in [0.15, 0.2) is 0 Å². The van der Waals surface area contributed by atoms with Crippen LogP contribution >= 0.6 is 5.69 Å². The molecule has 2 nitrogen and oxygen atoms in total. The van der Waals surface area contributed by atoms with E-state index < -0.39 is 5.69 Å². The predicted molar refractivity (Wildman–Crippen MR) is 77.6 cm³/mol.